The highest BCUT2D eigenvalue weighted by atomic mass is 32.2. The third kappa shape index (κ3) is 6.28. The fourth-order valence-electron chi connectivity index (χ4n) is 1.26. The summed E-state index contributed by atoms with van der Waals surface area (Å²) >= 11 is 1.95. The first-order valence-electron chi connectivity index (χ1n) is 5.42. The van der Waals surface area contributed by atoms with Crippen LogP contribution in [0.15, 0.2) is 0 Å². The normalized spacial score (nSPS) is 14.7. The fourth-order valence-corrected chi connectivity index (χ4v) is 1.89. The van der Waals surface area contributed by atoms with Gasteiger partial charge in [0.05, 0.1) is 6.07 Å². The third-order valence-electron chi connectivity index (χ3n) is 2.18. The first-order valence-corrected chi connectivity index (χ1v) is 6.58. The second-order valence-electron chi connectivity index (χ2n) is 3.67. The van der Waals surface area contributed by atoms with Crippen molar-refractivity contribution in [2.75, 3.05) is 18.1 Å². The van der Waals surface area contributed by atoms with Gasteiger partial charge in [0, 0.05) is 0 Å². The zero-order chi connectivity index (χ0) is 10.9. The van der Waals surface area contributed by atoms with Gasteiger partial charge in [0.25, 0.3) is 0 Å². The van der Waals surface area contributed by atoms with E-state index in [9.17, 15) is 0 Å². The van der Waals surface area contributed by atoms with Crippen molar-refractivity contribution in [3.63, 3.8) is 0 Å². The molecule has 1 atom stereocenters. The van der Waals surface area contributed by atoms with Crippen LogP contribution in [-0.2, 0) is 0 Å². The number of nitrogens with zero attached hydrogens (tertiary/aromatic N) is 1. The zero-order valence-corrected chi connectivity index (χ0v) is 10.4. The minimum atomic E-state index is -0.315. The Morgan fingerprint density at radius 1 is 1.43 bits per heavy atom. The predicted molar refractivity (Wildman–Crippen MR) is 64.5 cm³/mol. The lowest BCUT2D eigenvalue weighted by Gasteiger charge is -2.22. The van der Waals surface area contributed by atoms with Gasteiger partial charge in [0.15, 0.2) is 0 Å². The fraction of sp³-hybridized carbons (Fsp3) is 0.909. The van der Waals surface area contributed by atoms with E-state index in [1.807, 2.05) is 18.7 Å². The summed E-state index contributed by atoms with van der Waals surface area (Å²) in [5, 5.41) is 12.4. The molecule has 0 aromatic rings. The molecule has 0 fully saturated rings. The standard InChI is InChI=1S/C11H22N2S/c1-4-8-13-11(3,10-12)7-6-9-14-5-2/h13H,4-9H2,1-3H3. The first kappa shape index (κ1) is 13.8. The summed E-state index contributed by atoms with van der Waals surface area (Å²) in [6, 6.07) is 2.37. The monoisotopic (exact) mass is 214 g/mol. The quantitative estimate of drug-likeness (QED) is 0.631. The number of hydrogen-bond donors (Lipinski definition) is 1. The molecule has 14 heavy (non-hydrogen) atoms. The topological polar surface area (TPSA) is 35.8 Å². The predicted octanol–water partition coefficient (Wildman–Crippen LogP) is 2.80. The van der Waals surface area contributed by atoms with Crippen LogP contribution < -0.4 is 5.32 Å². The molecule has 3 heteroatoms. The van der Waals surface area contributed by atoms with Crippen LogP contribution in [0.1, 0.15) is 40.0 Å². The van der Waals surface area contributed by atoms with Crippen LogP contribution in [0.2, 0.25) is 0 Å². The van der Waals surface area contributed by atoms with Crippen molar-refractivity contribution >= 4 is 11.8 Å². The summed E-state index contributed by atoms with van der Waals surface area (Å²) in [4.78, 5) is 0. The van der Waals surface area contributed by atoms with Gasteiger partial charge in [-0.2, -0.15) is 17.0 Å². The van der Waals surface area contributed by atoms with E-state index in [2.05, 4.69) is 25.2 Å². The van der Waals surface area contributed by atoms with Crippen molar-refractivity contribution in [1.29, 1.82) is 5.26 Å². The van der Waals surface area contributed by atoms with Crippen molar-refractivity contribution in [2.45, 2.75) is 45.6 Å². The number of thioether (sulfide) groups is 1. The van der Waals surface area contributed by atoms with E-state index in [0.717, 1.165) is 25.8 Å². The molecule has 0 aliphatic rings. The Balaban J connectivity index is 3.70. The SMILES string of the molecule is CCCNC(C)(C#N)CCCSCC. The third-order valence-corrected chi connectivity index (χ3v) is 3.17. The molecule has 0 aliphatic carbocycles. The van der Waals surface area contributed by atoms with Crippen molar-refractivity contribution in [3.05, 3.63) is 0 Å². The lowest BCUT2D eigenvalue weighted by atomic mass is 9.98. The Kier molecular flexibility index (Phi) is 8.02. The average molecular weight is 214 g/mol. The van der Waals surface area contributed by atoms with Gasteiger partial charge in [-0.05, 0) is 44.2 Å². The maximum atomic E-state index is 9.05. The number of nitriles is 1. The molecule has 0 amide bonds. The van der Waals surface area contributed by atoms with Crippen LogP contribution in [0.5, 0.6) is 0 Å². The van der Waals surface area contributed by atoms with Gasteiger partial charge in [-0.1, -0.05) is 13.8 Å². The van der Waals surface area contributed by atoms with Crippen molar-refractivity contribution < 1.29 is 0 Å². The zero-order valence-electron chi connectivity index (χ0n) is 9.60. The Morgan fingerprint density at radius 3 is 2.64 bits per heavy atom. The number of rotatable bonds is 8. The van der Waals surface area contributed by atoms with E-state index in [1.165, 1.54) is 11.5 Å². The molecule has 0 saturated carbocycles. The molecular formula is C11H22N2S. The summed E-state index contributed by atoms with van der Waals surface area (Å²) in [5.41, 5.74) is -0.315. The second-order valence-corrected chi connectivity index (χ2v) is 5.07. The van der Waals surface area contributed by atoms with Crippen LogP contribution in [0.3, 0.4) is 0 Å². The molecule has 0 spiro atoms. The maximum Gasteiger partial charge on any atom is 0.103 e. The molecule has 0 aliphatic heterocycles. The molecule has 0 heterocycles. The van der Waals surface area contributed by atoms with Crippen LogP contribution >= 0.6 is 11.8 Å². The molecule has 0 aromatic heterocycles. The van der Waals surface area contributed by atoms with Gasteiger partial charge in [0.1, 0.15) is 5.54 Å². The molecule has 0 rings (SSSR count). The van der Waals surface area contributed by atoms with Gasteiger partial charge < -0.3 is 0 Å². The van der Waals surface area contributed by atoms with Gasteiger partial charge >= 0.3 is 0 Å². The van der Waals surface area contributed by atoms with E-state index in [-0.39, 0.29) is 5.54 Å². The highest BCUT2D eigenvalue weighted by molar-refractivity contribution is 7.99. The van der Waals surface area contributed by atoms with E-state index in [4.69, 9.17) is 5.26 Å². The lowest BCUT2D eigenvalue weighted by Crippen LogP contribution is -2.41. The highest BCUT2D eigenvalue weighted by Crippen LogP contribution is 2.14. The molecular weight excluding hydrogens is 192 g/mol. The summed E-state index contributed by atoms with van der Waals surface area (Å²) in [7, 11) is 0. The lowest BCUT2D eigenvalue weighted by molar-refractivity contribution is 0.415. The van der Waals surface area contributed by atoms with Gasteiger partial charge in [0.2, 0.25) is 0 Å². The van der Waals surface area contributed by atoms with Gasteiger partial charge in [-0.3, -0.25) is 5.32 Å². The highest BCUT2D eigenvalue weighted by Gasteiger charge is 2.21. The molecule has 1 unspecified atom stereocenters. The molecule has 0 bridgehead atoms. The Morgan fingerprint density at radius 2 is 2.14 bits per heavy atom. The molecule has 0 radical (unpaired) electrons. The van der Waals surface area contributed by atoms with Crippen molar-refractivity contribution in [3.8, 4) is 6.07 Å². The number of nitrogens with one attached hydrogen (secondary N) is 1. The first-order chi connectivity index (χ1) is 6.68. The Labute approximate surface area is 92.5 Å². The van der Waals surface area contributed by atoms with Crippen LogP contribution in [0.4, 0.5) is 0 Å². The van der Waals surface area contributed by atoms with E-state index in [1.54, 1.807) is 0 Å². The van der Waals surface area contributed by atoms with Gasteiger partial charge in [-0.25, -0.2) is 0 Å². The summed E-state index contributed by atoms with van der Waals surface area (Å²) in [5.74, 6) is 2.34. The number of hydrogen-bond acceptors (Lipinski definition) is 3. The van der Waals surface area contributed by atoms with Crippen LogP contribution in [-0.4, -0.2) is 23.6 Å². The Bertz CT molecular complexity index is 177. The molecule has 1 N–H and O–H groups in total. The van der Waals surface area contributed by atoms with Crippen LogP contribution in [0, 0.1) is 11.3 Å². The van der Waals surface area contributed by atoms with E-state index < -0.39 is 0 Å². The maximum absolute atomic E-state index is 9.05. The summed E-state index contributed by atoms with van der Waals surface area (Å²) in [6.07, 6.45) is 3.16. The average Bonchev–Trinajstić information content (AvgIpc) is 2.22. The van der Waals surface area contributed by atoms with E-state index in [0.29, 0.717) is 0 Å². The molecule has 0 saturated heterocycles. The molecule has 2 nitrogen and oxygen atoms in total. The van der Waals surface area contributed by atoms with E-state index >= 15 is 0 Å². The molecule has 0 aromatic carbocycles. The van der Waals surface area contributed by atoms with Crippen LogP contribution in [0.25, 0.3) is 0 Å². The minimum absolute atomic E-state index is 0.315. The van der Waals surface area contributed by atoms with Gasteiger partial charge in [-0.15, -0.1) is 0 Å². The largest absolute Gasteiger partial charge is 0.300 e. The summed E-state index contributed by atoms with van der Waals surface area (Å²) < 4.78 is 0. The van der Waals surface area contributed by atoms with Crippen molar-refractivity contribution in [1.82, 2.24) is 5.32 Å². The molecule has 82 valence electrons. The minimum Gasteiger partial charge on any atom is -0.300 e. The summed E-state index contributed by atoms with van der Waals surface area (Å²) in [6.45, 7) is 7.23. The Hall–Kier alpha value is -0.200. The van der Waals surface area contributed by atoms with Crippen molar-refractivity contribution in [2.24, 2.45) is 0 Å². The second kappa shape index (κ2) is 8.14. The smallest absolute Gasteiger partial charge is 0.103 e.